The molecule has 0 spiro atoms. The van der Waals surface area contributed by atoms with Gasteiger partial charge in [-0.3, -0.25) is 9.69 Å². The lowest BCUT2D eigenvalue weighted by Gasteiger charge is -2.36. The smallest absolute Gasteiger partial charge is 0.225 e. The minimum Gasteiger partial charge on any atom is -0.367 e. The molecule has 1 heterocycles. The number of rotatable bonds is 5. The van der Waals surface area contributed by atoms with Crippen LogP contribution in [0, 0.1) is 23.3 Å². The van der Waals surface area contributed by atoms with Gasteiger partial charge < -0.3 is 10.2 Å². The summed E-state index contributed by atoms with van der Waals surface area (Å²) in [5.74, 6) is -5.09. The van der Waals surface area contributed by atoms with Gasteiger partial charge in [0.15, 0.2) is 17.5 Å². The second-order valence-electron chi connectivity index (χ2n) is 6.30. The van der Waals surface area contributed by atoms with Crippen LogP contribution < -0.4 is 10.2 Å². The van der Waals surface area contributed by atoms with Crippen LogP contribution in [0.25, 0.3) is 0 Å². The highest BCUT2D eigenvalue weighted by molar-refractivity contribution is 5.90. The number of benzene rings is 2. The van der Waals surface area contributed by atoms with E-state index in [2.05, 4.69) is 5.32 Å². The molecule has 1 amide bonds. The Labute approximate surface area is 154 Å². The van der Waals surface area contributed by atoms with Gasteiger partial charge in [-0.2, -0.15) is 0 Å². The Morgan fingerprint density at radius 2 is 1.59 bits per heavy atom. The van der Waals surface area contributed by atoms with Gasteiger partial charge >= 0.3 is 0 Å². The van der Waals surface area contributed by atoms with E-state index in [1.54, 1.807) is 18.2 Å². The summed E-state index contributed by atoms with van der Waals surface area (Å²) in [6.07, 6.45) is 0.0815. The van der Waals surface area contributed by atoms with Gasteiger partial charge in [-0.25, -0.2) is 17.6 Å². The minimum absolute atomic E-state index is 0.0815. The summed E-state index contributed by atoms with van der Waals surface area (Å²) in [5.41, 5.74) is 0.173. The molecule has 1 aliphatic heterocycles. The number of carbonyl (C=O) groups excluding carboxylic acids is 1. The molecular formula is C19H19F4N3O. The molecule has 3 rings (SSSR count). The monoisotopic (exact) mass is 381 g/mol. The molecule has 8 heteroatoms. The quantitative estimate of drug-likeness (QED) is 0.637. The summed E-state index contributed by atoms with van der Waals surface area (Å²) in [7, 11) is 0. The van der Waals surface area contributed by atoms with E-state index in [0.29, 0.717) is 38.4 Å². The average molecular weight is 381 g/mol. The lowest BCUT2D eigenvalue weighted by molar-refractivity contribution is -0.116. The van der Waals surface area contributed by atoms with Gasteiger partial charge in [0.05, 0.1) is 11.4 Å². The van der Waals surface area contributed by atoms with Gasteiger partial charge in [-0.05, 0) is 24.3 Å². The number of anilines is 2. The lowest BCUT2D eigenvalue weighted by Crippen LogP contribution is -2.47. The second-order valence-corrected chi connectivity index (χ2v) is 6.30. The van der Waals surface area contributed by atoms with Crippen LogP contribution >= 0.6 is 0 Å². The van der Waals surface area contributed by atoms with Crippen LogP contribution in [0.3, 0.4) is 0 Å². The van der Waals surface area contributed by atoms with Gasteiger partial charge in [0.1, 0.15) is 5.82 Å². The van der Waals surface area contributed by atoms with Gasteiger partial charge in [-0.15, -0.1) is 0 Å². The standard InChI is InChI=1S/C19H19F4N3O/c20-13-3-1-2-4-16(13)26-11-9-25(10-12-26)8-7-17(27)24-15-6-5-14(21)18(22)19(15)23/h1-6H,7-12H2,(H,24,27). The highest BCUT2D eigenvalue weighted by atomic mass is 19.2. The van der Waals surface area contributed by atoms with Crippen LogP contribution in [0.5, 0.6) is 0 Å². The molecule has 1 aliphatic rings. The van der Waals surface area contributed by atoms with Crippen LogP contribution in [0.4, 0.5) is 28.9 Å². The fraction of sp³-hybridized carbons (Fsp3) is 0.316. The van der Waals surface area contributed by atoms with Crippen LogP contribution in [-0.2, 0) is 4.79 Å². The number of nitrogens with one attached hydrogen (secondary N) is 1. The Morgan fingerprint density at radius 1 is 0.889 bits per heavy atom. The highest BCUT2D eigenvalue weighted by Crippen LogP contribution is 2.21. The molecule has 1 N–H and O–H groups in total. The lowest BCUT2D eigenvalue weighted by atomic mass is 10.2. The van der Waals surface area contributed by atoms with Crippen molar-refractivity contribution in [2.75, 3.05) is 42.9 Å². The molecule has 0 aromatic heterocycles. The topological polar surface area (TPSA) is 35.6 Å². The average Bonchev–Trinajstić information content (AvgIpc) is 2.68. The molecule has 0 unspecified atom stereocenters. The van der Waals surface area contributed by atoms with Crippen LogP contribution in [-0.4, -0.2) is 43.5 Å². The number of para-hydroxylation sites is 1. The van der Waals surface area contributed by atoms with Crippen molar-refractivity contribution in [3.63, 3.8) is 0 Å². The first-order valence-corrected chi connectivity index (χ1v) is 8.61. The summed E-state index contributed by atoms with van der Waals surface area (Å²) in [6.45, 7) is 2.99. The Bertz CT molecular complexity index is 823. The molecule has 0 saturated carbocycles. The van der Waals surface area contributed by atoms with Crippen molar-refractivity contribution in [3.8, 4) is 0 Å². The maximum atomic E-state index is 13.8. The Kier molecular flexibility index (Phi) is 5.95. The van der Waals surface area contributed by atoms with Gasteiger partial charge in [-0.1, -0.05) is 12.1 Å². The van der Waals surface area contributed by atoms with E-state index >= 15 is 0 Å². The molecule has 1 saturated heterocycles. The molecule has 0 aliphatic carbocycles. The largest absolute Gasteiger partial charge is 0.367 e. The molecule has 4 nitrogen and oxygen atoms in total. The van der Waals surface area contributed by atoms with E-state index in [4.69, 9.17) is 0 Å². The summed E-state index contributed by atoms with van der Waals surface area (Å²) in [5, 5.41) is 2.25. The molecule has 0 bridgehead atoms. The van der Waals surface area contributed by atoms with Crippen molar-refractivity contribution in [1.82, 2.24) is 4.90 Å². The van der Waals surface area contributed by atoms with Crippen LogP contribution in [0.15, 0.2) is 36.4 Å². The molecular weight excluding hydrogens is 362 g/mol. The molecule has 1 fully saturated rings. The number of amides is 1. The third-order valence-electron chi connectivity index (χ3n) is 4.53. The molecule has 27 heavy (non-hydrogen) atoms. The van der Waals surface area contributed by atoms with Crippen molar-refractivity contribution < 1.29 is 22.4 Å². The van der Waals surface area contributed by atoms with E-state index in [-0.39, 0.29) is 17.9 Å². The third-order valence-corrected chi connectivity index (χ3v) is 4.53. The van der Waals surface area contributed by atoms with E-state index in [1.165, 1.54) is 6.07 Å². The number of halogens is 4. The van der Waals surface area contributed by atoms with Gasteiger partial charge in [0, 0.05) is 39.1 Å². The first-order chi connectivity index (χ1) is 13.0. The van der Waals surface area contributed by atoms with Crippen LogP contribution in [0.2, 0.25) is 0 Å². The normalized spacial score (nSPS) is 15.0. The number of nitrogens with zero attached hydrogens (tertiary/aromatic N) is 2. The fourth-order valence-electron chi connectivity index (χ4n) is 3.02. The zero-order valence-corrected chi connectivity index (χ0v) is 14.5. The fourth-order valence-corrected chi connectivity index (χ4v) is 3.02. The van der Waals surface area contributed by atoms with Gasteiger partial charge in [0.2, 0.25) is 5.91 Å². The van der Waals surface area contributed by atoms with Crippen molar-refractivity contribution in [2.24, 2.45) is 0 Å². The molecule has 2 aromatic carbocycles. The van der Waals surface area contributed by atoms with Crippen molar-refractivity contribution in [1.29, 1.82) is 0 Å². The molecule has 2 aromatic rings. The third kappa shape index (κ3) is 4.57. The predicted molar refractivity (Wildman–Crippen MR) is 94.6 cm³/mol. The number of hydrogen-bond donors (Lipinski definition) is 1. The van der Waals surface area contributed by atoms with E-state index in [1.807, 2.05) is 9.80 Å². The maximum Gasteiger partial charge on any atom is 0.225 e. The number of hydrogen-bond acceptors (Lipinski definition) is 3. The predicted octanol–water partition coefficient (Wildman–Crippen LogP) is 3.39. The number of carbonyl (C=O) groups is 1. The summed E-state index contributed by atoms with van der Waals surface area (Å²) < 4.78 is 53.5. The minimum atomic E-state index is -1.61. The first kappa shape index (κ1) is 19.2. The Balaban J connectivity index is 1.47. The van der Waals surface area contributed by atoms with Crippen molar-refractivity contribution in [2.45, 2.75) is 6.42 Å². The summed E-state index contributed by atoms with van der Waals surface area (Å²) >= 11 is 0. The Morgan fingerprint density at radius 3 is 2.30 bits per heavy atom. The molecule has 0 radical (unpaired) electrons. The second kappa shape index (κ2) is 8.39. The van der Waals surface area contributed by atoms with Crippen molar-refractivity contribution >= 4 is 17.3 Å². The molecule has 0 atom stereocenters. The highest BCUT2D eigenvalue weighted by Gasteiger charge is 2.20. The zero-order chi connectivity index (χ0) is 19.4. The Hall–Kier alpha value is -2.61. The van der Waals surface area contributed by atoms with E-state index in [0.717, 1.165) is 12.1 Å². The van der Waals surface area contributed by atoms with Gasteiger partial charge in [0.25, 0.3) is 0 Å². The van der Waals surface area contributed by atoms with Crippen molar-refractivity contribution in [3.05, 3.63) is 59.7 Å². The summed E-state index contributed by atoms with van der Waals surface area (Å²) in [4.78, 5) is 15.9. The first-order valence-electron chi connectivity index (χ1n) is 8.61. The SMILES string of the molecule is O=C(CCN1CCN(c2ccccc2F)CC1)Nc1ccc(F)c(F)c1F. The molecule has 144 valence electrons. The maximum absolute atomic E-state index is 13.8. The summed E-state index contributed by atoms with van der Waals surface area (Å²) in [6, 6.07) is 8.32. The van der Waals surface area contributed by atoms with Crippen LogP contribution in [0.1, 0.15) is 6.42 Å². The zero-order valence-electron chi connectivity index (χ0n) is 14.5. The van der Waals surface area contributed by atoms with E-state index < -0.39 is 23.4 Å². The number of piperazine rings is 1. The van der Waals surface area contributed by atoms with E-state index in [9.17, 15) is 22.4 Å².